The molecule has 0 heterocycles. The van der Waals surface area contributed by atoms with Crippen LogP contribution in [-0.2, 0) is 19.0 Å². The Morgan fingerprint density at radius 2 is 2.15 bits per heavy atom. The molecule has 1 saturated carbocycles. The van der Waals surface area contributed by atoms with Gasteiger partial charge in [0.05, 0.1) is 19.3 Å². The Morgan fingerprint density at radius 1 is 1.45 bits per heavy atom. The standard InChI is InChI=1S/C15H29NO4/c1-5-19-14(17)15(3,16-13-7-8-13)9-6-10-20-12(2)11-18-4/h12-13,16H,5-11H2,1-4H3. The molecule has 1 aliphatic rings. The Kier molecular flexibility index (Phi) is 7.48. The molecule has 1 fully saturated rings. The van der Waals surface area contributed by atoms with Crippen molar-refractivity contribution in [1.82, 2.24) is 5.32 Å². The molecule has 0 aromatic heterocycles. The molecule has 0 aromatic rings. The second-order valence-corrected chi connectivity index (χ2v) is 5.71. The number of methoxy groups -OCH3 is 1. The highest BCUT2D eigenvalue weighted by molar-refractivity contribution is 5.80. The lowest BCUT2D eigenvalue weighted by Gasteiger charge is -2.29. The van der Waals surface area contributed by atoms with E-state index >= 15 is 0 Å². The van der Waals surface area contributed by atoms with Crippen LogP contribution in [0.1, 0.15) is 46.5 Å². The molecule has 5 nitrogen and oxygen atoms in total. The number of hydrogen-bond donors (Lipinski definition) is 1. The van der Waals surface area contributed by atoms with Gasteiger partial charge in [0.25, 0.3) is 0 Å². The quantitative estimate of drug-likeness (QED) is 0.464. The minimum absolute atomic E-state index is 0.0882. The van der Waals surface area contributed by atoms with Crippen LogP contribution in [0.3, 0.4) is 0 Å². The highest BCUT2D eigenvalue weighted by Gasteiger charge is 2.39. The van der Waals surface area contributed by atoms with E-state index in [1.165, 1.54) is 0 Å². The molecule has 2 atom stereocenters. The van der Waals surface area contributed by atoms with Crippen LogP contribution in [-0.4, -0.2) is 50.6 Å². The normalized spacial score (nSPS) is 19.4. The van der Waals surface area contributed by atoms with Gasteiger partial charge < -0.3 is 14.2 Å². The fourth-order valence-corrected chi connectivity index (χ4v) is 2.19. The van der Waals surface area contributed by atoms with E-state index in [4.69, 9.17) is 14.2 Å². The van der Waals surface area contributed by atoms with Crippen LogP contribution in [0, 0.1) is 0 Å². The summed E-state index contributed by atoms with van der Waals surface area (Å²) in [6, 6.07) is 0.470. The third-order valence-electron chi connectivity index (χ3n) is 3.45. The van der Waals surface area contributed by atoms with Gasteiger partial charge in [0.1, 0.15) is 5.54 Å². The van der Waals surface area contributed by atoms with Crippen molar-refractivity contribution in [2.75, 3.05) is 26.9 Å². The summed E-state index contributed by atoms with van der Waals surface area (Å²) in [5.74, 6) is -0.156. The maximum Gasteiger partial charge on any atom is 0.326 e. The van der Waals surface area contributed by atoms with E-state index in [1.807, 2.05) is 20.8 Å². The van der Waals surface area contributed by atoms with E-state index < -0.39 is 5.54 Å². The van der Waals surface area contributed by atoms with Crippen molar-refractivity contribution >= 4 is 5.97 Å². The SMILES string of the molecule is CCOC(=O)C(C)(CCCOC(C)COC)NC1CC1. The maximum absolute atomic E-state index is 12.1. The van der Waals surface area contributed by atoms with Crippen molar-refractivity contribution in [3.05, 3.63) is 0 Å². The number of ether oxygens (including phenoxy) is 3. The van der Waals surface area contributed by atoms with E-state index in [2.05, 4.69) is 5.32 Å². The first-order chi connectivity index (χ1) is 9.51. The summed E-state index contributed by atoms with van der Waals surface area (Å²) in [6.45, 7) is 7.40. The van der Waals surface area contributed by atoms with Gasteiger partial charge in [0.2, 0.25) is 0 Å². The van der Waals surface area contributed by atoms with Crippen LogP contribution in [0.2, 0.25) is 0 Å². The number of carbonyl (C=O) groups excluding carboxylic acids is 1. The summed E-state index contributed by atoms with van der Waals surface area (Å²) < 4.78 is 15.8. The highest BCUT2D eigenvalue weighted by Crippen LogP contribution is 2.25. The van der Waals surface area contributed by atoms with Crippen molar-refractivity contribution in [3.8, 4) is 0 Å². The van der Waals surface area contributed by atoms with Crippen molar-refractivity contribution < 1.29 is 19.0 Å². The van der Waals surface area contributed by atoms with Crippen molar-refractivity contribution in [1.29, 1.82) is 0 Å². The Bertz CT molecular complexity index is 294. The van der Waals surface area contributed by atoms with Gasteiger partial charge >= 0.3 is 5.97 Å². The number of carbonyl (C=O) groups is 1. The lowest BCUT2D eigenvalue weighted by atomic mass is 9.95. The smallest absolute Gasteiger partial charge is 0.326 e. The molecular weight excluding hydrogens is 258 g/mol. The Balaban J connectivity index is 2.34. The maximum atomic E-state index is 12.1. The zero-order chi connectivity index (χ0) is 15.0. The summed E-state index contributed by atoms with van der Waals surface area (Å²) in [7, 11) is 1.66. The average molecular weight is 287 g/mol. The van der Waals surface area contributed by atoms with E-state index in [0.717, 1.165) is 25.7 Å². The summed E-state index contributed by atoms with van der Waals surface area (Å²) in [5.41, 5.74) is -0.592. The summed E-state index contributed by atoms with van der Waals surface area (Å²) in [4.78, 5) is 12.1. The molecule has 2 unspecified atom stereocenters. The van der Waals surface area contributed by atoms with Gasteiger partial charge in [0, 0.05) is 19.8 Å². The molecule has 5 heteroatoms. The van der Waals surface area contributed by atoms with Crippen molar-refractivity contribution in [2.24, 2.45) is 0 Å². The minimum atomic E-state index is -0.592. The molecule has 0 amide bonds. The molecule has 1 aliphatic carbocycles. The lowest BCUT2D eigenvalue weighted by molar-refractivity contribution is -0.151. The Hall–Kier alpha value is -0.650. The largest absolute Gasteiger partial charge is 0.465 e. The van der Waals surface area contributed by atoms with Crippen LogP contribution in [0.5, 0.6) is 0 Å². The third-order valence-corrected chi connectivity index (χ3v) is 3.45. The van der Waals surface area contributed by atoms with Gasteiger partial charge in [-0.25, -0.2) is 0 Å². The van der Waals surface area contributed by atoms with Crippen molar-refractivity contribution in [3.63, 3.8) is 0 Å². The van der Waals surface area contributed by atoms with Gasteiger partial charge in [-0.15, -0.1) is 0 Å². The van der Waals surface area contributed by atoms with Gasteiger partial charge in [0.15, 0.2) is 0 Å². The zero-order valence-corrected chi connectivity index (χ0v) is 13.2. The summed E-state index contributed by atoms with van der Waals surface area (Å²) in [6.07, 6.45) is 3.93. The minimum Gasteiger partial charge on any atom is -0.465 e. The number of rotatable bonds is 11. The molecular formula is C15H29NO4. The van der Waals surface area contributed by atoms with Crippen LogP contribution in [0.15, 0.2) is 0 Å². The summed E-state index contributed by atoms with van der Waals surface area (Å²) in [5, 5.41) is 3.41. The molecule has 0 spiro atoms. The van der Waals surface area contributed by atoms with Crippen LogP contribution >= 0.6 is 0 Å². The van der Waals surface area contributed by atoms with E-state index in [1.54, 1.807) is 7.11 Å². The summed E-state index contributed by atoms with van der Waals surface area (Å²) >= 11 is 0. The number of esters is 1. The first kappa shape index (κ1) is 17.4. The molecule has 0 aromatic carbocycles. The number of nitrogens with one attached hydrogen (secondary N) is 1. The fraction of sp³-hybridized carbons (Fsp3) is 0.933. The Morgan fingerprint density at radius 3 is 2.70 bits per heavy atom. The predicted octanol–water partition coefficient (Wildman–Crippen LogP) is 1.89. The second kappa shape index (κ2) is 8.60. The van der Waals surface area contributed by atoms with Gasteiger partial charge in [-0.05, 0) is 46.5 Å². The number of hydrogen-bond acceptors (Lipinski definition) is 5. The molecule has 1 rings (SSSR count). The van der Waals surface area contributed by atoms with E-state index in [0.29, 0.717) is 25.9 Å². The average Bonchev–Trinajstić information content (AvgIpc) is 3.19. The van der Waals surface area contributed by atoms with Gasteiger partial charge in [-0.3, -0.25) is 10.1 Å². The van der Waals surface area contributed by atoms with Crippen LogP contribution < -0.4 is 5.32 Å². The van der Waals surface area contributed by atoms with Gasteiger partial charge in [-0.1, -0.05) is 0 Å². The molecule has 20 heavy (non-hydrogen) atoms. The van der Waals surface area contributed by atoms with Crippen LogP contribution in [0.25, 0.3) is 0 Å². The molecule has 0 aliphatic heterocycles. The molecule has 1 N–H and O–H groups in total. The van der Waals surface area contributed by atoms with E-state index in [-0.39, 0.29) is 12.1 Å². The molecule has 0 bridgehead atoms. The molecule has 0 saturated heterocycles. The van der Waals surface area contributed by atoms with E-state index in [9.17, 15) is 4.79 Å². The van der Waals surface area contributed by atoms with Crippen LogP contribution in [0.4, 0.5) is 0 Å². The fourth-order valence-electron chi connectivity index (χ4n) is 2.19. The zero-order valence-electron chi connectivity index (χ0n) is 13.2. The lowest BCUT2D eigenvalue weighted by Crippen LogP contribution is -2.51. The first-order valence-corrected chi connectivity index (χ1v) is 7.57. The third kappa shape index (κ3) is 6.20. The van der Waals surface area contributed by atoms with Crippen molar-refractivity contribution in [2.45, 2.75) is 64.1 Å². The van der Waals surface area contributed by atoms with Gasteiger partial charge in [-0.2, -0.15) is 0 Å². The molecule has 118 valence electrons. The topological polar surface area (TPSA) is 56.8 Å². The highest BCUT2D eigenvalue weighted by atomic mass is 16.5. The monoisotopic (exact) mass is 287 g/mol. The molecule has 0 radical (unpaired) electrons. The predicted molar refractivity (Wildman–Crippen MR) is 77.7 cm³/mol. The second-order valence-electron chi connectivity index (χ2n) is 5.71. The first-order valence-electron chi connectivity index (χ1n) is 7.57. The Labute approximate surface area is 122 Å².